The molecule has 4 nitrogen and oxygen atoms in total. The highest BCUT2D eigenvalue weighted by molar-refractivity contribution is 6.21. The Labute approximate surface area is 366 Å². The first-order valence-electron chi connectivity index (χ1n) is 21.3. The molecular weight excluding hydrogens is 767 g/mol. The molecular formula is C59H41N3O. The van der Waals surface area contributed by atoms with Crippen molar-refractivity contribution in [3.8, 4) is 44.5 Å². The molecule has 298 valence electrons. The van der Waals surface area contributed by atoms with Gasteiger partial charge in [-0.05, 0) is 84.3 Å². The van der Waals surface area contributed by atoms with Crippen LogP contribution in [-0.2, 0) is 6.54 Å². The van der Waals surface area contributed by atoms with Crippen molar-refractivity contribution in [2.24, 2.45) is 15.7 Å². The third-order valence-electron chi connectivity index (χ3n) is 12.0. The van der Waals surface area contributed by atoms with Crippen LogP contribution in [-0.4, -0.2) is 11.7 Å². The standard InChI is InChI=1S/C59H41N3O/c60-58(62-59(61-38-39-14-3-1-4-15-39)43-31-28-42(29-32-43)46-33-30-41-18-7-8-19-44(41)36-46)53-35-34-51(49-22-9-10-23-50(49)53)52-25-13-27-55-56(52)54-26-12-24-48(57(54)63-55)47-21-11-20-45(37-47)40-16-5-2-6-17-40/h1-37H,38H2,(H2,60,61,62). The summed E-state index contributed by atoms with van der Waals surface area (Å²) in [5.74, 6) is 0.979. The van der Waals surface area contributed by atoms with Crippen LogP contribution in [0.4, 0.5) is 0 Å². The van der Waals surface area contributed by atoms with E-state index in [0.717, 1.165) is 82.8 Å². The van der Waals surface area contributed by atoms with Crippen molar-refractivity contribution < 1.29 is 4.42 Å². The lowest BCUT2D eigenvalue weighted by molar-refractivity contribution is 0.670. The zero-order chi connectivity index (χ0) is 42.1. The van der Waals surface area contributed by atoms with Crippen molar-refractivity contribution in [1.29, 1.82) is 0 Å². The highest BCUT2D eigenvalue weighted by Gasteiger charge is 2.19. The average Bonchev–Trinajstić information content (AvgIpc) is 3.75. The van der Waals surface area contributed by atoms with E-state index in [1.165, 1.54) is 21.9 Å². The Morgan fingerprint density at radius 3 is 1.89 bits per heavy atom. The molecule has 0 saturated carbocycles. The van der Waals surface area contributed by atoms with Crippen LogP contribution in [0.2, 0.25) is 0 Å². The van der Waals surface area contributed by atoms with Crippen LogP contribution in [0.1, 0.15) is 16.7 Å². The monoisotopic (exact) mass is 807 g/mol. The predicted octanol–water partition coefficient (Wildman–Crippen LogP) is 14.9. The molecule has 11 aromatic rings. The van der Waals surface area contributed by atoms with Gasteiger partial charge in [-0.25, -0.2) is 4.99 Å². The summed E-state index contributed by atoms with van der Waals surface area (Å²) in [7, 11) is 0. The lowest BCUT2D eigenvalue weighted by atomic mass is 9.91. The zero-order valence-corrected chi connectivity index (χ0v) is 34.4. The van der Waals surface area contributed by atoms with E-state index in [4.69, 9.17) is 20.1 Å². The number of nitrogens with zero attached hydrogens (tertiary/aromatic N) is 2. The molecule has 63 heavy (non-hydrogen) atoms. The van der Waals surface area contributed by atoms with Gasteiger partial charge in [-0.15, -0.1) is 0 Å². The number of fused-ring (bicyclic) bond motifs is 5. The number of benzene rings is 10. The maximum absolute atomic E-state index is 7.05. The van der Waals surface area contributed by atoms with E-state index in [9.17, 15) is 0 Å². The summed E-state index contributed by atoms with van der Waals surface area (Å²) < 4.78 is 6.76. The summed E-state index contributed by atoms with van der Waals surface area (Å²) in [4.78, 5) is 10.2. The molecule has 0 unspecified atom stereocenters. The number of para-hydroxylation sites is 1. The molecule has 0 bridgehead atoms. The van der Waals surface area contributed by atoms with Gasteiger partial charge in [-0.3, -0.25) is 4.99 Å². The Morgan fingerprint density at radius 2 is 1.05 bits per heavy atom. The SMILES string of the molecule is NC(=NC(=NCc1ccccc1)c1ccc(-c2ccc3ccccc3c2)cc1)c1ccc(-c2cccc3oc4c(-c5cccc(-c6ccccc6)c5)cccc4c23)c2ccccc12. The van der Waals surface area contributed by atoms with Crippen LogP contribution >= 0.6 is 0 Å². The largest absolute Gasteiger partial charge is 0.455 e. The van der Waals surface area contributed by atoms with Gasteiger partial charge in [0.25, 0.3) is 0 Å². The molecule has 2 N–H and O–H groups in total. The molecule has 1 aromatic heterocycles. The summed E-state index contributed by atoms with van der Waals surface area (Å²) in [6, 6.07) is 78.4. The van der Waals surface area contributed by atoms with Gasteiger partial charge >= 0.3 is 0 Å². The normalized spacial score (nSPS) is 12.1. The van der Waals surface area contributed by atoms with E-state index >= 15 is 0 Å². The van der Waals surface area contributed by atoms with E-state index in [1.807, 2.05) is 24.3 Å². The molecule has 11 rings (SSSR count). The topological polar surface area (TPSA) is 63.9 Å². The van der Waals surface area contributed by atoms with Gasteiger partial charge in [0.2, 0.25) is 0 Å². The second-order valence-electron chi connectivity index (χ2n) is 15.9. The fourth-order valence-electron chi connectivity index (χ4n) is 8.85. The van der Waals surface area contributed by atoms with Crippen molar-refractivity contribution in [3.05, 3.63) is 241 Å². The van der Waals surface area contributed by atoms with Crippen LogP contribution in [0, 0.1) is 0 Å². The van der Waals surface area contributed by atoms with Crippen LogP contribution in [0.3, 0.4) is 0 Å². The molecule has 0 saturated heterocycles. The van der Waals surface area contributed by atoms with E-state index in [-0.39, 0.29) is 0 Å². The first-order valence-corrected chi connectivity index (χ1v) is 21.3. The molecule has 0 radical (unpaired) electrons. The van der Waals surface area contributed by atoms with Crippen LogP contribution in [0.5, 0.6) is 0 Å². The van der Waals surface area contributed by atoms with Crippen LogP contribution < -0.4 is 5.73 Å². The molecule has 0 aliphatic rings. The quantitative estimate of drug-likeness (QED) is 0.123. The molecule has 0 fully saturated rings. The van der Waals surface area contributed by atoms with Crippen molar-refractivity contribution in [1.82, 2.24) is 0 Å². The van der Waals surface area contributed by atoms with E-state index < -0.39 is 0 Å². The summed E-state index contributed by atoms with van der Waals surface area (Å²) in [6.07, 6.45) is 0. The highest BCUT2D eigenvalue weighted by Crippen LogP contribution is 2.43. The number of amidine groups is 2. The second kappa shape index (κ2) is 16.3. The molecule has 0 atom stereocenters. The second-order valence-corrected chi connectivity index (χ2v) is 15.9. The lowest BCUT2D eigenvalue weighted by Crippen LogP contribution is -2.17. The Morgan fingerprint density at radius 1 is 0.429 bits per heavy atom. The van der Waals surface area contributed by atoms with Gasteiger partial charge in [-0.1, -0.05) is 206 Å². The van der Waals surface area contributed by atoms with E-state index in [0.29, 0.717) is 18.2 Å². The van der Waals surface area contributed by atoms with Gasteiger partial charge in [0.1, 0.15) is 17.0 Å². The third-order valence-corrected chi connectivity index (χ3v) is 12.0. The van der Waals surface area contributed by atoms with Gasteiger partial charge in [-0.2, -0.15) is 0 Å². The first kappa shape index (κ1) is 37.6. The number of aliphatic imine (C=N–C) groups is 2. The van der Waals surface area contributed by atoms with Gasteiger partial charge < -0.3 is 10.2 Å². The number of rotatable bonds is 8. The van der Waals surface area contributed by atoms with Crippen LogP contribution in [0.15, 0.2) is 239 Å². The summed E-state index contributed by atoms with van der Waals surface area (Å²) in [5.41, 5.74) is 20.6. The summed E-state index contributed by atoms with van der Waals surface area (Å²) in [6.45, 7) is 0.474. The predicted molar refractivity (Wildman–Crippen MR) is 264 cm³/mol. The fourth-order valence-corrected chi connectivity index (χ4v) is 8.85. The number of nitrogens with two attached hydrogens (primary N) is 1. The zero-order valence-electron chi connectivity index (χ0n) is 34.4. The van der Waals surface area contributed by atoms with Crippen LogP contribution in [0.25, 0.3) is 88.0 Å². The molecule has 10 aromatic carbocycles. The smallest absolute Gasteiger partial charge is 0.157 e. The van der Waals surface area contributed by atoms with Crippen molar-refractivity contribution >= 4 is 55.2 Å². The Bertz CT molecular complexity index is 3530. The summed E-state index contributed by atoms with van der Waals surface area (Å²) in [5, 5.41) is 6.67. The molecule has 0 spiro atoms. The van der Waals surface area contributed by atoms with E-state index in [1.54, 1.807) is 0 Å². The first-order chi connectivity index (χ1) is 31.1. The molecule has 0 aliphatic heterocycles. The Balaban J connectivity index is 0.984. The molecule has 4 heteroatoms. The number of hydrogen-bond acceptors (Lipinski definition) is 2. The maximum atomic E-state index is 7.05. The van der Waals surface area contributed by atoms with E-state index in [2.05, 4.69) is 200 Å². The Kier molecular flexibility index (Phi) is 9.72. The average molecular weight is 808 g/mol. The summed E-state index contributed by atoms with van der Waals surface area (Å²) >= 11 is 0. The van der Waals surface area contributed by atoms with Gasteiger partial charge in [0.15, 0.2) is 5.84 Å². The maximum Gasteiger partial charge on any atom is 0.157 e. The Hall–Kier alpha value is -8.34. The minimum Gasteiger partial charge on any atom is -0.455 e. The molecule has 0 aliphatic carbocycles. The highest BCUT2D eigenvalue weighted by atomic mass is 16.3. The van der Waals surface area contributed by atoms with Crippen molar-refractivity contribution in [3.63, 3.8) is 0 Å². The third kappa shape index (κ3) is 7.24. The lowest BCUT2D eigenvalue weighted by Gasteiger charge is -2.13. The molecule has 0 amide bonds. The molecule has 1 heterocycles. The number of hydrogen-bond donors (Lipinski definition) is 1. The minimum absolute atomic E-state index is 0.400. The van der Waals surface area contributed by atoms with Gasteiger partial charge in [0.05, 0.1) is 6.54 Å². The fraction of sp³-hybridized carbons (Fsp3) is 0.0169. The minimum atomic E-state index is 0.400. The van der Waals surface area contributed by atoms with Crippen molar-refractivity contribution in [2.45, 2.75) is 6.54 Å². The van der Waals surface area contributed by atoms with Crippen molar-refractivity contribution in [2.75, 3.05) is 0 Å². The van der Waals surface area contributed by atoms with Gasteiger partial charge in [0, 0.05) is 27.5 Å². The number of furan rings is 1.